The summed E-state index contributed by atoms with van der Waals surface area (Å²) in [7, 11) is -2.51. The fourth-order valence-electron chi connectivity index (χ4n) is 2.06. The summed E-state index contributed by atoms with van der Waals surface area (Å²) in [5, 5.41) is 0. The lowest BCUT2D eigenvalue weighted by Crippen LogP contribution is -2.48. The Morgan fingerprint density at radius 2 is 1.53 bits per heavy atom. The standard InChI is InChI=1S/C12H30OSi2/c1-8-11-15(7,10-3)13-12(9-2)14(4,5)6/h12H,8-11H2,1-7H3. The molecule has 0 aromatic carbocycles. The van der Waals surface area contributed by atoms with E-state index in [-0.39, 0.29) is 0 Å². The van der Waals surface area contributed by atoms with Gasteiger partial charge < -0.3 is 4.43 Å². The molecule has 0 rings (SSSR count). The zero-order valence-corrected chi connectivity index (χ0v) is 13.8. The Hall–Kier alpha value is 0.394. The predicted octanol–water partition coefficient (Wildman–Crippen LogP) is 4.66. The van der Waals surface area contributed by atoms with Crippen LogP contribution in [0.5, 0.6) is 0 Å². The van der Waals surface area contributed by atoms with E-state index in [2.05, 4.69) is 47.0 Å². The molecule has 0 N–H and O–H groups in total. The molecule has 0 aliphatic rings. The largest absolute Gasteiger partial charge is 0.417 e. The lowest BCUT2D eigenvalue weighted by molar-refractivity contribution is 0.250. The van der Waals surface area contributed by atoms with Crippen molar-refractivity contribution in [2.75, 3.05) is 0 Å². The highest BCUT2D eigenvalue weighted by molar-refractivity contribution is 6.79. The maximum Gasteiger partial charge on any atom is 0.189 e. The smallest absolute Gasteiger partial charge is 0.189 e. The summed E-state index contributed by atoms with van der Waals surface area (Å²) in [5.74, 6) is 0. The van der Waals surface area contributed by atoms with Gasteiger partial charge in [0.25, 0.3) is 0 Å². The van der Waals surface area contributed by atoms with E-state index in [4.69, 9.17) is 4.43 Å². The summed E-state index contributed by atoms with van der Waals surface area (Å²) in [5.41, 5.74) is 0.570. The Labute approximate surface area is 98.8 Å². The second kappa shape index (κ2) is 6.21. The molecule has 3 heteroatoms. The molecule has 0 saturated heterocycles. The molecule has 0 aliphatic heterocycles. The van der Waals surface area contributed by atoms with Gasteiger partial charge in [-0.15, -0.1) is 0 Å². The van der Waals surface area contributed by atoms with Crippen LogP contribution in [0.4, 0.5) is 0 Å². The van der Waals surface area contributed by atoms with Gasteiger partial charge in [0.2, 0.25) is 0 Å². The van der Waals surface area contributed by atoms with Gasteiger partial charge in [-0.05, 0) is 25.1 Å². The van der Waals surface area contributed by atoms with Crippen molar-refractivity contribution in [1.29, 1.82) is 0 Å². The maximum atomic E-state index is 6.54. The lowest BCUT2D eigenvalue weighted by atomic mass is 10.5. The van der Waals surface area contributed by atoms with Crippen molar-refractivity contribution in [3.8, 4) is 0 Å². The molecule has 15 heavy (non-hydrogen) atoms. The van der Waals surface area contributed by atoms with Gasteiger partial charge in [-0.3, -0.25) is 0 Å². The van der Waals surface area contributed by atoms with Crippen molar-refractivity contribution in [1.82, 2.24) is 0 Å². The first-order chi connectivity index (χ1) is 6.79. The zero-order valence-electron chi connectivity index (χ0n) is 11.8. The number of rotatable bonds is 7. The average molecular weight is 247 g/mol. The van der Waals surface area contributed by atoms with Gasteiger partial charge in [-0.1, -0.05) is 46.8 Å². The molecule has 0 radical (unpaired) electrons. The van der Waals surface area contributed by atoms with Crippen molar-refractivity contribution >= 4 is 16.4 Å². The van der Waals surface area contributed by atoms with Crippen LogP contribution < -0.4 is 0 Å². The summed E-state index contributed by atoms with van der Waals surface area (Å²) in [6, 6.07) is 2.59. The lowest BCUT2D eigenvalue weighted by Gasteiger charge is -2.37. The van der Waals surface area contributed by atoms with E-state index in [1.54, 1.807) is 0 Å². The molecule has 0 aromatic rings. The highest BCUT2D eigenvalue weighted by Crippen LogP contribution is 2.25. The topological polar surface area (TPSA) is 9.23 Å². The molecule has 0 aromatic heterocycles. The minimum atomic E-state index is -1.38. The molecule has 0 aliphatic carbocycles. The quantitative estimate of drug-likeness (QED) is 0.594. The van der Waals surface area contributed by atoms with Gasteiger partial charge in [0.15, 0.2) is 8.32 Å². The van der Waals surface area contributed by atoms with E-state index in [1.807, 2.05) is 0 Å². The van der Waals surface area contributed by atoms with Crippen LogP contribution in [0.2, 0.25) is 38.3 Å². The molecule has 2 atom stereocenters. The molecular formula is C12H30OSi2. The highest BCUT2D eigenvalue weighted by Gasteiger charge is 2.34. The van der Waals surface area contributed by atoms with Gasteiger partial charge in [0.05, 0.1) is 8.07 Å². The van der Waals surface area contributed by atoms with Gasteiger partial charge in [-0.25, -0.2) is 0 Å². The average Bonchev–Trinajstić information content (AvgIpc) is 2.13. The molecular weight excluding hydrogens is 216 g/mol. The van der Waals surface area contributed by atoms with E-state index < -0.39 is 16.4 Å². The highest BCUT2D eigenvalue weighted by atomic mass is 28.4. The summed E-state index contributed by atoms with van der Waals surface area (Å²) in [6.45, 7) is 16.6. The van der Waals surface area contributed by atoms with E-state index in [9.17, 15) is 0 Å². The van der Waals surface area contributed by atoms with Crippen LogP contribution in [0.1, 0.15) is 33.6 Å². The molecule has 2 unspecified atom stereocenters. The van der Waals surface area contributed by atoms with Crippen molar-refractivity contribution in [2.24, 2.45) is 0 Å². The Balaban J connectivity index is 4.50. The van der Waals surface area contributed by atoms with E-state index in [0.29, 0.717) is 5.73 Å². The molecule has 0 bridgehead atoms. The van der Waals surface area contributed by atoms with E-state index in [1.165, 1.54) is 24.9 Å². The molecule has 0 fully saturated rings. The van der Waals surface area contributed by atoms with Crippen LogP contribution >= 0.6 is 0 Å². The molecule has 1 nitrogen and oxygen atoms in total. The third-order valence-corrected chi connectivity index (χ3v) is 9.89. The minimum Gasteiger partial charge on any atom is -0.417 e. The first-order valence-corrected chi connectivity index (χ1v) is 12.9. The second-order valence-corrected chi connectivity index (χ2v) is 15.7. The second-order valence-electron chi connectivity index (χ2n) is 5.93. The van der Waals surface area contributed by atoms with Gasteiger partial charge >= 0.3 is 0 Å². The fraction of sp³-hybridized carbons (Fsp3) is 1.00. The van der Waals surface area contributed by atoms with Crippen LogP contribution in [0.3, 0.4) is 0 Å². The third kappa shape index (κ3) is 5.32. The monoisotopic (exact) mass is 246 g/mol. The molecule has 0 saturated carbocycles. The Kier molecular flexibility index (Phi) is 6.37. The molecule has 0 spiro atoms. The summed E-state index contributed by atoms with van der Waals surface area (Å²) in [6.07, 6.45) is 2.47. The number of hydrogen-bond acceptors (Lipinski definition) is 1. The van der Waals surface area contributed by atoms with Gasteiger partial charge in [0, 0.05) is 5.73 Å². The Bertz CT molecular complexity index is 177. The first-order valence-electron chi connectivity index (χ1n) is 6.47. The van der Waals surface area contributed by atoms with Crippen molar-refractivity contribution in [3.05, 3.63) is 0 Å². The normalized spacial score (nSPS) is 18.6. The Morgan fingerprint density at radius 3 is 1.80 bits per heavy atom. The number of hydrogen-bond donors (Lipinski definition) is 0. The SMILES string of the molecule is CCC[Si](C)(CC)OC(CC)[Si](C)(C)C. The molecule has 92 valence electrons. The molecule has 0 amide bonds. The van der Waals surface area contributed by atoms with Gasteiger partial charge in [0.1, 0.15) is 0 Å². The zero-order chi connectivity index (χ0) is 12.1. The third-order valence-electron chi connectivity index (χ3n) is 3.29. The maximum absolute atomic E-state index is 6.54. The van der Waals surface area contributed by atoms with E-state index in [0.717, 1.165) is 0 Å². The first kappa shape index (κ1) is 15.4. The van der Waals surface area contributed by atoms with E-state index >= 15 is 0 Å². The Morgan fingerprint density at radius 1 is 1.00 bits per heavy atom. The van der Waals surface area contributed by atoms with Crippen LogP contribution in [-0.2, 0) is 4.43 Å². The van der Waals surface area contributed by atoms with Crippen LogP contribution in [0.15, 0.2) is 0 Å². The van der Waals surface area contributed by atoms with Crippen LogP contribution in [0, 0.1) is 0 Å². The van der Waals surface area contributed by atoms with Crippen molar-refractivity contribution in [2.45, 2.75) is 77.6 Å². The summed E-state index contributed by atoms with van der Waals surface area (Å²) >= 11 is 0. The van der Waals surface area contributed by atoms with Gasteiger partial charge in [-0.2, -0.15) is 0 Å². The minimum absolute atomic E-state index is 0.570. The van der Waals surface area contributed by atoms with Crippen LogP contribution in [0.25, 0.3) is 0 Å². The summed E-state index contributed by atoms with van der Waals surface area (Å²) < 4.78 is 6.54. The van der Waals surface area contributed by atoms with Crippen LogP contribution in [-0.4, -0.2) is 22.1 Å². The predicted molar refractivity (Wildman–Crippen MR) is 75.7 cm³/mol. The van der Waals surface area contributed by atoms with Crippen molar-refractivity contribution in [3.63, 3.8) is 0 Å². The fourth-order valence-corrected chi connectivity index (χ4v) is 8.11. The van der Waals surface area contributed by atoms with Crippen molar-refractivity contribution < 1.29 is 4.43 Å². The molecule has 0 heterocycles. The summed E-state index contributed by atoms with van der Waals surface area (Å²) in [4.78, 5) is 0.